The van der Waals surface area contributed by atoms with Crippen molar-refractivity contribution < 1.29 is 19.1 Å². The van der Waals surface area contributed by atoms with Gasteiger partial charge in [0.1, 0.15) is 5.57 Å². The van der Waals surface area contributed by atoms with Gasteiger partial charge in [0.2, 0.25) is 0 Å². The van der Waals surface area contributed by atoms with Crippen molar-refractivity contribution in [3.05, 3.63) is 83.4 Å². The zero-order valence-corrected chi connectivity index (χ0v) is 12.7. The van der Waals surface area contributed by atoms with Crippen LogP contribution in [0.3, 0.4) is 0 Å². The highest BCUT2D eigenvalue weighted by Crippen LogP contribution is 2.12. The van der Waals surface area contributed by atoms with Crippen molar-refractivity contribution in [3.63, 3.8) is 0 Å². The van der Waals surface area contributed by atoms with Crippen LogP contribution in [0.1, 0.15) is 27.6 Å². The van der Waals surface area contributed by atoms with E-state index in [1.54, 1.807) is 67.6 Å². The average Bonchev–Trinajstić information content (AvgIpc) is 2.60. The van der Waals surface area contributed by atoms with Gasteiger partial charge in [-0.3, -0.25) is 9.59 Å². The maximum absolute atomic E-state index is 12.5. The molecular weight excluding hydrogens is 292 g/mol. The molecule has 0 aliphatic rings. The van der Waals surface area contributed by atoms with Gasteiger partial charge in [0, 0.05) is 17.2 Å². The maximum atomic E-state index is 12.5. The Kier molecular flexibility index (Phi) is 5.58. The predicted molar refractivity (Wildman–Crippen MR) is 86.3 cm³/mol. The Hall–Kier alpha value is -3.01. The molecule has 0 N–H and O–H groups in total. The van der Waals surface area contributed by atoms with Crippen LogP contribution in [0.5, 0.6) is 0 Å². The molecule has 2 aromatic carbocycles. The van der Waals surface area contributed by atoms with Crippen molar-refractivity contribution in [3.8, 4) is 0 Å². The van der Waals surface area contributed by atoms with E-state index in [4.69, 9.17) is 4.74 Å². The molecule has 0 saturated heterocycles. The monoisotopic (exact) mass is 308 g/mol. The standard InChI is InChI=1S/C19H16O4/c1-2-23-19(22)16(18(21)15-11-7-4-8-12-15)13-17(20)14-9-5-3-6-10-14/h3-13H,2H2,1H3/b16-13+. The third-order valence-electron chi connectivity index (χ3n) is 3.11. The third-order valence-corrected chi connectivity index (χ3v) is 3.11. The number of ketones is 2. The van der Waals surface area contributed by atoms with E-state index in [1.807, 2.05) is 0 Å². The summed E-state index contributed by atoms with van der Waals surface area (Å²) in [6, 6.07) is 16.8. The fourth-order valence-electron chi connectivity index (χ4n) is 1.99. The summed E-state index contributed by atoms with van der Waals surface area (Å²) in [6.07, 6.45) is 1.04. The van der Waals surface area contributed by atoms with E-state index in [9.17, 15) is 14.4 Å². The van der Waals surface area contributed by atoms with Gasteiger partial charge in [-0.15, -0.1) is 0 Å². The Bertz CT molecular complexity index is 730. The molecule has 116 valence electrons. The lowest BCUT2D eigenvalue weighted by atomic mass is 10.0. The SMILES string of the molecule is CCOC(=O)/C(=C/C(=O)c1ccccc1)C(=O)c1ccccc1. The lowest BCUT2D eigenvalue weighted by Gasteiger charge is -2.06. The van der Waals surface area contributed by atoms with E-state index < -0.39 is 17.5 Å². The van der Waals surface area contributed by atoms with E-state index in [0.29, 0.717) is 11.1 Å². The number of carbonyl (C=O) groups excluding carboxylic acids is 3. The number of ether oxygens (including phenoxy) is 1. The zero-order chi connectivity index (χ0) is 16.7. The van der Waals surface area contributed by atoms with Gasteiger partial charge in [-0.1, -0.05) is 60.7 Å². The summed E-state index contributed by atoms with van der Waals surface area (Å²) in [5.41, 5.74) is 0.453. The zero-order valence-electron chi connectivity index (χ0n) is 12.7. The molecule has 0 atom stereocenters. The van der Waals surface area contributed by atoms with Crippen molar-refractivity contribution >= 4 is 17.5 Å². The molecule has 0 saturated carbocycles. The largest absolute Gasteiger partial charge is 0.462 e. The number of rotatable bonds is 6. The Morgan fingerprint density at radius 2 is 1.39 bits per heavy atom. The van der Waals surface area contributed by atoms with E-state index >= 15 is 0 Å². The predicted octanol–water partition coefficient (Wildman–Crippen LogP) is 3.24. The van der Waals surface area contributed by atoms with Crippen LogP contribution in [-0.4, -0.2) is 24.1 Å². The molecule has 0 spiro atoms. The molecule has 4 heteroatoms. The van der Waals surface area contributed by atoms with Crippen LogP contribution in [0.15, 0.2) is 72.3 Å². The van der Waals surface area contributed by atoms with E-state index in [-0.39, 0.29) is 12.2 Å². The summed E-state index contributed by atoms with van der Waals surface area (Å²) in [7, 11) is 0. The van der Waals surface area contributed by atoms with Gasteiger partial charge in [0.25, 0.3) is 0 Å². The molecule has 2 rings (SSSR count). The fourth-order valence-corrected chi connectivity index (χ4v) is 1.99. The first-order valence-corrected chi connectivity index (χ1v) is 7.21. The molecule has 0 amide bonds. The van der Waals surface area contributed by atoms with Crippen LogP contribution in [0.25, 0.3) is 0 Å². The van der Waals surface area contributed by atoms with Crippen LogP contribution < -0.4 is 0 Å². The minimum Gasteiger partial charge on any atom is -0.462 e. The molecule has 2 aromatic rings. The Balaban J connectivity index is 2.38. The highest BCUT2D eigenvalue weighted by atomic mass is 16.5. The molecule has 4 nitrogen and oxygen atoms in total. The second kappa shape index (κ2) is 7.84. The van der Waals surface area contributed by atoms with Crippen molar-refractivity contribution in [2.45, 2.75) is 6.92 Å². The fraction of sp³-hybridized carbons (Fsp3) is 0.105. The Morgan fingerprint density at radius 1 is 0.870 bits per heavy atom. The molecule has 0 heterocycles. The second-order valence-electron chi connectivity index (χ2n) is 4.70. The lowest BCUT2D eigenvalue weighted by Crippen LogP contribution is -2.18. The van der Waals surface area contributed by atoms with Gasteiger partial charge < -0.3 is 4.74 Å². The Morgan fingerprint density at radius 3 is 1.91 bits per heavy atom. The van der Waals surface area contributed by atoms with Gasteiger partial charge in [-0.2, -0.15) is 0 Å². The average molecular weight is 308 g/mol. The highest BCUT2D eigenvalue weighted by molar-refractivity contribution is 6.27. The summed E-state index contributed by atoms with van der Waals surface area (Å²) < 4.78 is 4.90. The first-order chi connectivity index (χ1) is 11.1. The summed E-state index contributed by atoms with van der Waals surface area (Å²) in [4.78, 5) is 36.8. The summed E-state index contributed by atoms with van der Waals surface area (Å²) in [6.45, 7) is 1.76. The minimum atomic E-state index is -0.800. The first-order valence-electron chi connectivity index (χ1n) is 7.21. The molecule has 23 heavy (non-hydrogen) atoms. The molecule has 0 bridgehead atoms. The van der Waals surface area contributed by atoms with Gasteiger partial charge in [-0.25, -0.2) is 4.79 Å². The van der Waals surface area contributed by atoms with Crippen molar-refractivity contribution in [1.82, 2.24) is 0 Å². The minimum absolute atomic E-state index is 0.123. The summed E-state index contributed by atoms with van der Waals surface area (Å²) in [5.74, 6) is -1.75. The van der Waals surface area contributed by atoms with Crippen molar-refractivity contribution in [1.29, 1.82) is 0 Å². The molecule has 0 aliphatic carbocycles. The normalized spacial score (nSPS) is 10.9. The van der Waals surface area contributed by atoms with Crippen LogP contribution >= 0.6 is 0 Å². The number of benzene rings is 2. The number of esters is 1. The Labute approximate surface area is 134 Å². The lowest BCUT2D eigenvalue weighted by molar-refractivity contribution is -0.138. The topological polar surface area (TPSA) is 60.4 Å². The van der Waals surface area contributed by atoms with E-state index in [0.717, 1.165) is 6.08 Å². The molecule has 0 radical (unpaired) electrons. The van der Waals surface area contributed by atoms with Gasteiger partial charge in [-0.05, 0) is 6.92 Å². The highest BCUT2D eigenvalue weighted by Gasteiger charge is 2.22. The molecule has 0 fully saturated rings. The van der Waals surface area contributed by atoms with Gasteiger partial charge >= 0.3 is 5.97 Å². The second-order valence-corrected chi connectivity index (χ2v) is 4.70. The van der Waals surface area contributed by atoms with Gasteiger partial charge in [0.15, 0.2) is 11.6 Å². The van der Waals surface area contributed by atoms with Crippen LogP contribution in [0, 0.1) is 0 Å². The molecular formula is C19H16O4. The number of hydrogen-bond donors (Lipinski definition) is 0. The first kappa shape index (κ1) is 16.4. The van der Waals surface area contributed by atoms with Crippen molar-refractivity contribution in [2.24, 2.45) is 0 Å². The number of hydrogen-bond acceptors (Lipinski definition) is 4. The van der Waals surface area contributed by atoms with Crippen LogP contribution in [0.4, 0.5) is 0 Å². The number of Topliss-reactive ketones (excluding diaryl/α,β-unsaturated/α-hetero) is 1. The smallest absolute Gasteiger partial charge is 0.342 e. The number of allylic oxidation sites excluding steroid dienone is 1. The van der Waals surface area contributed by atoms with Gasteiger partial charge in [0.05, 0.1) is 6.61 Å². The van der Waals surface area contributed by atoms with Crippen LogP contribution in [-0.2, 0) is 9.53 Å². The van der Waals surface area contributed by atoms with Crippen molar-refractivity contribution in [2.75, 3.05) is 6.61 Å². The maximum Gasteiger partial charge on any atom is 0.342 e. The van der Waals surface area contributed by atoms with E-state index in [2.05, 4.69) is 0 Å². The third kappa shape index (κ3) is 4.23. The molecule has 0 aromatic heterocycles. The molecule has 0 aliphatic heterocycles. The number of carbonyl (C=O) groups is 3. The summed E-state index contributed by atoms with van der Waals surface area (Å²) >= 11 is 0. The molecule has 0 unspecified atom stereocenters. The van der Waals surface area contributed by atoms with Crippen LogP contribution in [0.2, 0.25) is 0 Å². The summed E-state index contributed by atoms with van der Waals surface area (Å²) in [5, 5.41) is 0. The quantitative estimate of drug-likeness (QED) is 0.270. The van der Waals surface area contributed by atoms with E-state index in [1.165, 1.54) is 0 Å².